The van der Waals surface area contributed by atoms with Crippen LogP contribution in [0.1, 0.15) is 98.5 Å². The maximum absolute atomic E-state index is 13.7. The van der Waals surface area contributed by atoms with Gasteiger partial charge in [0.05, 0.1) is 12.1 Å². The summed E-state index contributed by atoms with van der Waals surface area (Å²) >= 11 is 1.56. The molecule has 180 valence electrons. The van der Waals surface area contributed by atoms with Gasteiger partial charge in [0, 0.05) is 29.6 Å². The van der Waals surface area contributed by atoms with Crippen LogP contribution in [0.4, 0.5) is 4.79 Å². The molecular formula is C25H41N3O3S. The second-order valence-corrected chi connectivity index (χ2v) is 13.2. The van der Waals surface area contributed by atoms with Crippen LogP contribution >= 0.6 is 11.3 Å². The molecule has 1 saturated heterocycles. The predicted molar refractivity (Wildman–Crippen MR) is 129 cm³/mol. The number of ether oxygens (including phenoxy) is 1. The Hall–Kier alpha value is -1.63. The molecule has 1 aliphatic carbocycles. The predicted octanol–water partition coefficient (Wildman–Crippen LogP) is 6.04. The highest BCUT2D eigenvalue weighted by Gasteiger charge is 2.47. The second-order valence-electron chi connectivity index (χ2n) is 12.3. The molecule has 0 unspecified atom stereocenters. The van der Waals surface area contributed by atoms with E-state index in [0.29, 0.717) is 18.4 Å². The average molecular weight is 464 g/mol. The molecule has 2 heterocycles. The van der Waals surface area contributed by atoms with Crippen LogP contribution in [0.15, 0.2) is 11.6 Å². The first-order chi connectivity index (χ1) is 14.7. The van der Waals surface area contributed by atoms with Crippen LogP contribution in [0.3, 0.4) is 0 Å². The van der Waals surface area contributed by atoms with Crippen molar-refractivity contribution in [2.75, 3.05) is 6.54 Å². The Morgan fingerprint density at radius 2 is 1.75 bits per heavy atom. The average Bonchev–Trinajstić information content (AvgIpc) is 3.30. The summed E-state index contributed by atoms with van der Waals surface area (Å²) in [6.07, 6.45) is 6.41. The summed E-state index contributed by atoms with van der Waals surface area (Å²) < 4.78 is 5.74. The molecule has 32 heavy (non-hydrogen) atoms. The number of carbonyl (C=O) groups excluding carboxylic acids is 2. The summed E-state index contributed by atoms with van der Waals surface area (Å²) in [7, 11) is 0. The zero-order valence-electron chi connectivity index (χ0n) is 21.1. The molecule has 3 rings (SSSR count). The molecule has 0 spiro atoms. The Morgan fingerprint density at radius 3 is 2.25 bits per heavy atom. The first kappa shape index (κ1) is 25.0. The molecule has 0 radical (unpaired) electrons. The third kappa shape index (κ3) is 5.83. The van der Waals surface area contributed by atoms with E-state index in [1.807, 2.05) is 46.9 Å². The summed E-state index contributed by atoms with van der Waals surface area (Å²) in [5.41, 5.74) is -0.712. The molecule has 6 nitrogen and oxygen atoms in total. The number of thiazole rings is 1. The molecule has 1 aliphatic heterocycles. The molecule has 0 aromatic carbocycles. The first-order valence-corrected chi connectivity index (χ1v) is 12.8. The van der Waals surface area contributed by atoms with Crippen LogP contribution in [0.25, 0.3) is 0 Å². The van der Waals surface area contributed by atoms with Gasteiger partial charge in [-0.25, -0.2) is 9.78 Å². The fourth-order valence-electron chi connectivity index (χ4n) is 4.85. The fraction of sp³-hybridized carbons (Fsp3) is 0.800. The summed E-state index contributed by atoms with van der Waals surface area (Å²) in [4.78, 5) is 35.3. The Balaban J connectivity index is 1.90. The van der Waals surface area contributed by atoms with Crippen LogP contribution in [0.2, 0.25) is 0 Å². The number of carbonyl (C=O) groups is 2. The van der Waals surface area contributed by atoms with E-state index in [1.165, 1.54) is 0 Å². The van der Waals surface area contributed by atoms with Gasteiger partial charge in [-0.05, 0) is 58.3 Å². The van der Waals surface area contributed by atoms with Gasteiger partial charge >= 0.3 is 6.09 Å². The highest BCUT2D eigenvalue weighted by atomic mass is 32.1. The highest BCUT2D eigenvalue weighted by Crippen LogP contribution is 2.42. The minimum atomic E-state index is -0.571. The Bertz CT molecular complexity index is 797. The van der Waals surface area contributed by atoms with Crippen molar-refractivity contribution in [2.45, 2.75) is 111 Å². The zero-order chi connectivity index (χ0) is 23.9. The standard InChI is InChI=1S/C25H41N3O3S/c1-23(2,3)21(29)28(17-9-11-25(7,8)12-10-17)18-15-19(20-26-13-14-32-20)27(16-18)22(30)31-24(4,5)6/h13-14,17-19H,9-12,15-16H2,1-8H3/t18-,19+/m0/s1. The molecule has 0 N–H and O–H groups in total. The van der Waals surface area contributed by atoms with E-state index in [2.05, 4.69) is 23.7 Å². The lowest BCUT2D eigenvalue weighted by Crippen LogP contribution is -2.53. The number of hydrogen-bond acceptors (Lipinski definition) is 5. The molecule has 1 saturated carbocycles. The molecular weight excluding hydrogens is 422 g/mol. The van der Waals surface area contributed by atoms with Gasteiger partial charge in [-0.3, -0.25) is 9.69 Å². The first-order valence-electron chi connectivity index (χ1n) is 11.9. The van der Waals surface area contributed by atoms with E-state index in [9.17, 15) is 9.59 Å². The molecule has 1 aromatic heterocycles. The van der Waals surface area contributed by atoms with Gasteiger partial charge in [-0.15, -0.1) is 11.3 Å². The number of amides is 2. The van der Waals surface area contributed by atoms with Gasteiger partial charge in [0.2, 0.25) is 5.91 Å². The van der Waals surface area contributed by atoms with Crippen molar-refractivity contribution in [1.29, 1.82) is 0 Å². The van der Waals surface area contributed by atoms with Gasteiger partial charge in [0.1, 0.15) is 10.6 Å². The van der Waals surface area contributed by atoms with Crippen molar-refractivity contribution in [2.24, 2.45) is 10.8 Å². The van der Waals surface area contributed by atoms with Crippen LogP contribution in [-0.4, -0.2) is 51.0 Å². The van der Waals surface area contributed by atoms with E-state index in [-0.39, 0.29) is 30.1 Å². The SMILES string of the molecule is CC1(C)CCC(N(C(=O)C(C)(C)C)[C@H]2C[C@H](c3nccs3)N(C(=O)OC(C)(C)C)C2)CC1. The van der Waals surface area contributed by atoms with Crippen LogP contribution < -0.4 is 0 Å². The molecule has 0 bridgehead atoms. The lowest BCUT2D eigenvalue weighted by atomic mass is 9.74. The van der Waals surface area contributed by atoms with Crippen molar-refractivity contribution in [3.05, 3.63) is 16.6 Å². The van der Waals surface area contributed by atoms with E-state index < -0.39 is 11.0 Å². The third-order valence-corrected chi connectivity index (χ3v) is 7.49. The number of likely N-dealkylation sites (tertiary alicyclic amines) is 1. The molecule has 2 aliphatic rings. The normalized spacial score (nSPS) is 24.4. The number of rotatable bonds is 3. The topological polar surface area (TPSA) is 62.7 Å². The zero-order valence-corrected chi connectivity index (χ0v) is 21.9. The Kier molecular flexibility index (Phi) is 7.00. The minimum absolute atomic E-state index is 0.0330. The lowest BCUT2D eigenvalue weighted by Gasteiger charge is -2.45. The van der Waals surface area contributed by atoms with Crippen molar-refractivity contribution < 1.29 is 14.3 Å². The molecule has 2 atom stereocenters. The summed E-state index contributed by atoms with van der Waals surface area (Å²) in [6, 6.07) is 0.0230. The van der Waals surface area contributed by atoms with Crippen molar-refractivity contribution >= 4 is 23.3 Å². The molecule has 2 fully saturated rings. The lowest BCUT2D eigenvalue weighted by molar-refractivity contribution is -0.146. The summed E-state index contributed by atoms with van der Waals surface area (Å²) in [5, 5.41) is 2.85. The molecule has 1 aromatic rings. The largest absolute Gasteiger partial charge is 0.444 e. The van der Waals surface area contributed by atoms with E-state index in [0.717, 1.165) is 30.7 Å². The number of nitrogens with zero attached hydrogens (tertiary/aromatic N) is 3. The van der Waals surface area contributed by atoms with Crippen molar-refractivity contribution in [3.63, 3.8) is 0 Å². The summed E-state index contributed by atoms with van der Waals surface area (Å²) in [6.45, 7) is 16.8. The van der Waals surface area contributed by atoms with Gasteiger partial charge in [-0.1, -0.05) is 34.6 Å². The maximum Gasteiger partial charge on any atom is 0.410 e. The maximum atomic E-state index is 13.7. The summed E-state index contributed by atoms with van der Waals surface area (Å²) in [5.74, 6) is 0.177. The highest BCUT2D eigenvalue weighted by molar-refractivity contribution is 7.09. The van der Waals surface area contributed by atoms with Crippen LogP contribution in [-0.2, 0) is 9.53 Å². The Labute approximate surface area is 197 Å². The van der Waals surface area contributed by atoms with Crippen LogP contribution in [0.5, 0.6) is 0 Å². The van der Waals surface area contributed by atoms with Gasteiger partial charge in [0.15, 0.2) is 0 Å². The number of aromatic nitrogens is 1. The minimum Gasteiger partial charge on any atom is -0.444 e. The molecule has 7 heteroatoms. The van der Waals surface area contributed by atoms with E-state index in [4.69, 9.17) is 4.74 Å². The monoisotopic (exact) mass is 463 g/mol. The third-order valence-electron chi connectivity index (χ3n) is 6.62. The smallest absolute Gasteiger partial charge is 0.410 e. The van der Waals surface area contributed by atoms with Gasteiger partial charge in [-0.2, -0.15) is 0 Å². The Morgan fingerprint density at radius 1 is 1.12 bits per heavy atom. The van der Waals surface area contributed by atoms with E-state index >= 15 is 0 Å². The van der Waals surface area contributed by atoms with Crippen molar-refractivity contribution in [1.82, 2.24) is 14.8 Å². The molecule has 2 amide bonds. The fourth-order valence-corrected chi connectivity index (χ4v) is 5.61. The number of hydrogen-bond donors (Lipinski definition) is 0. The van der Waals surface area contributed by atoms with E-state index in [1.54, 1.807) is 22.4 Å². The van der Waals surface area contributed by atoms with Crippen LogP contribution in [0, 0.1) is 10.8 Å². The van der Waals surface area contributed by atoms with Gasteiger partial charge in [0.25, 0.3) is 0 Å². The quantitative estimate of drug-likeness (QED) is 0.548. The van der Waals surface area contributed by atoms with Gasteiger partial charge < -0.3 is 9.64 Å². The second kappa shape index (κ2) is 8.96. The van der Waals surface area contributed by atoms with Crippen molar-refractivity contribution in [3.8, 4) is 0 Å².